The summed E-state index contributed by atoms with van der Waals surface area (Å²) in [5.41, 5.74) is -0.957. The van der Waals surface area contributed by atoms with Crippen LogP contribution in [-0.2, 0) is 10.0 Å². The van der Waals surface area contributed by atoms with Crippen LogP contribution >= 0.6 is 0 Å². The van der Waals surface area contributed by atoms with Crippen molar-refractivity contribution in [3.05, 3.63) is 53.8 Å². The Hall–Kier alpha value is -2.59. The number of rotatable bonds is 5. The van der Waals surface area contributed by atoms with Gasteiger partial charge in [0.2, 0.25) is 10.0 Å². The summed E-state index contributed by atoms with van der Waals surface area (Å²) in [7, 11) is -3.32. The lowest BCUT2D eigenvalue weighted by Gasteiger charge is -2.22. The number of sulfonamides is 1. The maximum absolute atomic E-state index is 14.6. The van der Waals surface area contributed by atoms with Gasteiger partial charge < -0.3 is 10.2 Å². The van der Waals surface area contributed by atoms with E-state index in [1.807, 2.05) is 0 Å². The van der Waals surface area contributed by atoms with Crippen molar-refractivity contribution >= 4 is 21.7 Å². The van der Waals surface area contributed by atoms with Crippen molar-refractivity contribution in [3.8, 4) is 11.1 Å². The molecule has 172 valence electrons. The van der Waals surface area contributed by atoms with Crippen LogP contribution in [-0.4, -0.2) is 43.7 Å². The summed E-state index contributed by atoms with van der Waals surface area (Å²) in [4.78, 5) is 14.4. The lowest BCUT2D eigenvalue weighted by molar-refractivity contribution is 0.213. The highest BCUT2D eigenvalue weighted by Gasteiger charge is 2.37. The molecule has 4 rings (SSSR count). The number of halogens is 3. The van der Waals surface area contributed by atoms with Crippen LogP contribution < -0.4 is 10.0 Å². The molecule has 32 heavy (non-hydrogen) atoms. The molecule has 2 amide bonds. The molecule has 10 heteroatoms. The smallest absolute Gasteiger partial charge is 0.321 e. The molecule has 0 radical (unpaired) electrons. The molecule has 1 saturated carbocycles. The molecule has 2 aromatic carbocycles. The number of urea groups is 1. The van der Waals surface area contributed by atoms with Crippen LogP contribution in [0.25, 0.3) is 11.1 Å². The number of likely N-dealkylation sites (tertiary alicyclic amines) is 1. The third-order valence-electron chi connectivity index (χ3n) is 5.78. The summed E-state index contributed by atoms with van der Waals surface area (Å²) in [5, 5.41) is 2.26. The molecule has 1 unspecified atom stereocenters. The monoisotopic (exact) mass is 467 g/mol. The predicted octanol–water partition coefficient (Wildman–Crippen LogP) is 4.24. The number of hydrogen-bond donors (Lipinski definition) is 2. The number of benzene rings is 2. The Morgan fingerprint density at radius 3 is 2.16 bits per heavy atom. The Kier molecular flexibility index (Phi) is 6.43. The van der Waals surface area contributed by atoms with E-state index >= 15 is 0 Å². The number of hydrogen-bond acceptors (Lipinski definition) is 3. The number of carbonyl (C=O) groups excluding carboxylic acids is 1. The van der Waals surface area contributed by atoms with Gasteiger partial charge in [-0.3, -0.25) is 0 Å². The van der Waals surface area contributed by atoms with Crippen molar-refractivity contribution in [2.75, 3.05) is 18.4 Å². The van der Waals surface area contributed by atoms with Gasteiger partial charge in [0, 0.05) is 24.7 Å². The van der Waals surface area contributed by atoms with E-state index in [0.29, 0.717) is 45.2 Å². The second-order valence-electron chi connectivity index (χ2n) is 8.17. The molecule has 0 bridgehead atoms. The molecule has 2 N–H and O–H groups in total. The van der Waals surface area contributed by atoms with E-state index in [0.717, 1.165) is 18.2 Å². The molecule has 2 aromatic rings. The molecule has 0 aromatic heterocycles. The second-order valence-corrected chi connectivity index (χ2v) is 10.2. The summed E-state index contributed by atoms with van der Waals surface area (Å²) >= 11 is 0. The van der Waals surface area contributed by atoms with Crippen molar-refractivity contribution in [1.82, 2.24) is 9.62 Å². The standard InChI is InChI=1S/C22H24F3N3O3S/c23-16-5-1-6-17(24)20(16)21-18(25)7-2-8-19(21)26-22(29)28-12-3-4-14(11-13-28)27-32(30,31)15-9-10-15/h1-2,5-8,14-15,27H,3-4,9-13H2,(H,26,29). The minimum Gasteiger partial charge on any atom is -0.324 e. The number of amides is 2. The summed E-state index contributed by atoms with van der Waals surface area (Å²) in [5.74, 6) is -2.74. The Balaban J connectivity index is 1.48. The van der Waals surface area contributed by atoms with E-state index in [1.165, 1.54) is 23.1 Å². The van der Waals surface area contributed by atoms with Gasteiger partial charge in [-0.05, 0) is 56.4 Å². The van der Waals surface area contributed by atoms with Gasteiger partial charge in [-0.15, -0.1) is 0 Å². The SMILES string of the molecule is O=C(Nc1cccc(F)c1-c1c(F)cccc1F)N1CCCC(NS(=O)(=O)C2CC2)CC1. The van der Waals surface area contributed by atoms with Gasteiger partial charge in [0.25, 0.3) is 0 Å². The van der Waals surface area contributed by atoms with Crippen molar-refractivity contribution in [1.29, 1.82) is 0 Å². The molecule has 2 fully saturated rings. The molecule has 1 heterocycles. The van der Waals surface area contributed by atoms with Gasteiger partial charge in [0.15, 0.2) is 0 Å². The Morgan fingerprint density at radius 2 is 1.50 bits per heavy atom. The Labute approximate surface area is 184 Å². The summed E-state index contributed by atoms with van der Waals surface area (Å²) in [6, 6.07) is 6.22. The average Bonchev–Trinajstić information content (AvgIpc) is 3.57. The molecule has 0 spiro atoms. The normalized spacial score (nSPS) is 19.5. The van der Waals surface area contributed by atoms with Gasteiger partial charge in [-0.2, -0.15) is 0 Å². The van der Waals surface area contributed by atoms with Gasteiger partial charge in [0.05, 0.1) is 16.5 Å². The quantitative estimate of drug-likeness (QED) is 0.691. The summed E-state index contributed by atoms with van der Waals surface area (Å²) in [6.45, 7) is 0.675. The third-order valence-corrected chi connectivity index (χ3v) is 7.79. The predicted molar refractivity (Wildman–Crippen MR) is 115 cm³/mol. The van der Waals surface area contributed by atoms with Crippen LogP contribution in [0.4, 0.5) is 23.7 Å². The lowest BCUT2D eigenvalue weighted by Crippen LogP contribution is -2.39. The second kappa shape index (κ2) is 9.11. The first-order valence-corrected chi connectivity index (χ1v) is 12.1. The molecule has 1 atom stereocenters. The average molecular weight is 468 g/mol. The zero-order valence-corrected chi connectivity index (χ0v) is 18.1. The number of carbonyl (C=O) groups is 1. The molecule has 1 saturated heterocycles. The third kappa shape index (κ3) is 4.91. The minimum absolute atomic E-state index is 0.0470. The van der Waals surface area contributed by atoms with Crippen LogP contribution in [0.15, 0.2) is 36.4 Å². The van der Waals surface area contributed by atoms with E-state index in [-0.39, 0.29) is 22.5 Å². The number of nitrogens with one attached hydrogen (secondary N) is 2. The molecule has 1 aliphatic carbocycles. The first-order valence-electron chi connectivity index (χ1n) is 10.6. The zero-order valence-electron chi connectivity index (χ0n) is 17.3. The van der Waals surface area contributed by atoms with Gasteiger partial charge >= 0.3 is 6.03 Å². The highest BCUT2D eigenvalue weighted by atomic mass is 32.2. The first-order chi connectivity index (χ1) is 15.3. The first kappa shape index (κ1) is 22.6. The van der Waals surface area contributed by atoms with Crippen molar-refractivity contribution < 1.29 is 26.4 Å². The van der Waals surface area contributed by atoms with Crippen LogP contribution in [0.5, 0.6) is 0 Å². The van der Waals surface area contributed by atoms with Crippen LogP contribution in [0.1, 0.15) is 32.1 Å². The minimum atomic E-state index is -3.32. The van der Waals surface area contributed by atoms with Gasteiger partial charge in [0.1, 0.15) is 17.5 Å². The largest absolute Gasteiger partial charge is 0.324 e. The molecular weight excluding hydrogens is 443 g/mol. The summed E-state index contributed by atoms with van der Waals surface area (Å²) in [6.07, 6.45) is 2.98. The maximum Gasteiger partial charge on any atom is 0.321 e. The number of anilines is 1. The molecule has 6 nitrogen and oxygen atoms in total. The molecule has 1 aliphatic heterocycles. The van der Waals surface area contributed by atoms with Gasteiger partial charge in [-0.1, -0.05) is 12.1 Å². The van der Waals surface area contributed by atoms with Crippen LogP contribution in [0, 0.1) is 17.5 Å². The van der Waals surface area contributed by atoms with E-state index in [4.69, 9.17) is 0 Å². The van der Waals surface area contributed by atoms with Crippen molar-refractivity contribution in [2.45, 2.75) is 43.4 Å². The maximum atomic E-state index is 14.6. The highest BCUT2D eigenvalue weighted by Crippen LogP contribution is 2.35. The zero-order chi connectivity index (χ0) is 22.9. The highest BCUT2D eigenvalue weighted by molar-refractivity contribution is 7.90. The van der Waals surface area contributed by atoms with Crippen molar-refractivity contribution in [2.24, 2.45) is 0 Å². The van der Waals surface area contributed by atoms with Crippen LogP contribution in [0.2, 0.25) is 0 Å². The van der Waals surface area contributed by atoms with Gasteiger partial charge in [-0.25, -0.2) is 31.1 Å². The Morgan fingerprint density at radius 1 is 0.875 bits per heavy atom. The van der Waals surface area contributed by atoms with E-state index in [9.17, 15) is 26.4 Å². The fraction of sp³-hybridized carbons (Fsp3) is 0.409. The summed E-state index contributed by atoms with van der Waals surface area (Å²) < 4.78 is 70.3. The fourth-order valence-corrected chi connectivity index (χ4v) is 5.59. The van der Waals surface area contributed by atoms with Crippen LogP contribution in [0.3, 0.4) is 0 Å². The van der Waals surface area contributed by atoms with E-state index in [1.54, 1.807) is 0 Å². The molecule has 2 aliphatic rings. The van der Waals surface area contributed by atoms with E-state index in [2.05, 4.69) is 10.0 Å². The fourth-order valence-electron chi connectivity index (χ4n) is 3.94. The Bertz CT molecular complexity index is 1100. The van der Waals surface area contributed by atoms with Crippen molar-refractivity contribution in [3.63, 3.8) is 0 Å². The lowest BCUT2D eigenvalue weighted by atomic mass is 10.0. The topological polar surface area (TPSA) is 78.5 Å². The number of nitrogens with zero attached hydrogens (tertiary/aromatic N) is 1. The molecular formula is C22H24F3N3O3S. The van der Waals surface area contributed by atoms with E-state index < -0.39 is 39.1 Å².